The summed E-state index contributed by atoms with van der Waals surface area (Å²) < 4.78 is 34.1. The average Bonchev–Trinajstić information content (AvgIpc) is 2.59. The van der Waals surface area contributed by atoms with Crippen LogP contribution in [0, 0.1) is 6.92 Å². The van der Waals surface area contributed by atoms with Crippen LogP contribution in [0.1, 0.15) is 15.9 Å². The predicted molar refractivity (Wildman–Crippen MR) is 91.0 cm³/mol. The minimum absolute atomic E-state index is 0.0296. The Kier molecular flexibility index (Phi) is 5.94. The quantitative estimate of drug-likeness (QED) is 0.330. The van der Waals surface area contributed by atoms with E-state index in [-0.39, 0.29) is 15.5 Å². The first-order valence-corrected chi connectivity index (χ1v) is 8.91. The van der Waals surface area contributed by atoms with Crippen LogP contribution in [0.5, 0.6) is 0 Å². The molecule has 0 spiro atoms. The highest BCUT2D eigenvalue weighted by Crippen LogP contribution is 2.19. The van der Waals surface area contributed by atoms with Crippen molar-refractivity contribution in [2.75, 3.05) is 7.11 Å². The van der Waals surface area contributed by atoms with Crippen molar-refractivity contribution in [1.82, 2.24) is 0 Å². The standard InChI is InChI=1S/C17H15ClO6S/c1-11-6-8-14(9-7-11)25(21,22)24-16(17(20)23-2)15(19)12-4-3-5-13(18)10-12/h3-10,16H,1-2H3. The zero-order chi connectivity index (χ0) is 18.6. The van der Waals surface area contributed by atoms with Gasteiger partial charge in [-0.05, 0) is 31.2 Å². The van der Waals surface area contributed by atoms with E-state index >= 15 is 0 Å². The first-order chi connectivity index (χ1) is 11.7. The number of carbonyl (C=O) groups excluding carboxylic acids is 2. The molecule has 1 unspecified atom stereocenters. The number of ketones is 1. The second-order valence-electron chi connectivity index (χ2n) is 5.14. The van der Waals surface area contributed by atoms with Gasteiger partial charge in [-0.25, -0.2) is 8.98 Å². The van der Waals surface area contributed by atoms with Crippen molar-refractivity contribution in [3.63, 3.8) is 0 Å². The predicted octanol–water partition coefficient (Wildman–Crippen LogP) is 2.78. The first kappa shape index (κ1) is 19.1. The van der Waals surface area contributed by atoms with Crippen molar-refractivity contribution in [1.29, 1.82) is 0 Å². The molecule has 0 aromatic heterocycles. The van der Waals surface area contributed by atoms with Gasteiger partial charge in [0, 0.05) is 10.6 Å². The lowest BCUT2D eigenvalue weighted by molar-refractivity contribution is -0.146. The van der Waals surface area contributed by atoms with Gasteiger partial charge in [-0.1, -0.05) is 41.4 Å². The molecule has 0 amide bonds. The normalized spacial score (nSPS) is 12.4. The molecule has 0 fully saturated rings. The Labute approximate surface area is 150 Å². The van der Waals surface area contributed by atoms with Gasteiger partial charge in [0.25, 0.3) is 10.1 Å². The Morgan fingerprint density at radius 2 is 1.72 bits per heavy atom. The van der Waals surface area contributed by atoms with Gasteiger partial charge in [0.05, 0.1) is 12.0 Å². The summed E-state index contributed by atoms with van der Waals surface area (Å²) in [5, 5.41) is 0.260. The van der Waals surface area contributed by atoms with Crippen LogP contribution in [-0.4, -0.2) is 33.4 Å². The molecule has 0 heterocycles. The maximum atomic E-state index is 12.5. The second kappa shape index (κ2) is 7.77. The molecule has 8 heteroatoms. The van der Waals surface area contributed by atoms with Gasteiger partial charge in [-0.15, -0.1) is 0 Å². The van der Waals surface area contributed by atoms with Crippen LogP contribution in [0.3, 0.4) is 0 Å². The number of carbonyl (C=O) groups is 2. The van der Waals surface area contributed by atoms with Crippen LogP contribution < -0.4 is 0 Å². The molecule has 2 aromatic carbocycles. The molecule has 6 nitrogen and oxygen atoms in total. The highest BCUT2D eigenvalue weighted by Gasteiger charge is 2.35. The third-order valence-electron chi connectivity index (χ3n) is 3.30. The van der Waals surface area contributed by atoms with Crippen LogP contribution in [0.15, 0.2) is 53.4 Å². The molecule has 2 aromatic rings. The van der Waals surface area contributed by atoms with Crippen LogP contribution in [0.4, 0.5) is 0 Å². The summed E-state index contributed by atoms with van der Waals surface area (Å²) in [7, 11) is -3.32. The van der Waals surface area contributed by atoms with Crippen molar-refractivity contribution in [2.24, 2.45) is 0 Å². The first-order valence-electron chi connectivity index (χ1n) is 7.12. The van der Waals surface area contributed by atoms with Crippen molar-refractivity contribution >= 4 is 33.5 Å². The van der Waals surface area contributed by atoms with Gasteiger partial charge in [-0.3, -0.25) is 4.79 Å². The Morgan fingerprint density at radius 1 is 1.08 bits per heavy atom. The molecular weight excluding hydrogens is 368 g/mol. The number of Topliss-reactive ketones (excluding diaryl/α,β-unsaturated/α-hetero) is 1. The number of rotatable bonds is 6. The number of hydrogen-bond acceptors (Lipinski definition) is 6. The summed E-state index contributed by atoms with van der Waals surface area (Å²) >= 11 is 5.82. The maximum absolute atomic E-state index is 12.5. The van der Waals surface area contributed by atoms with Gasteiger partial charge in [0.15, 0.2) is 0 Å². The number of esters is 1. The fraction of sp³-hybridized carbons (Fsp3) is 0.176. The maximum Gasteiger partial charge on any atom is 0.344 e. The van der Waals surface area contributed by atoms with Gasteiger partial charge in [0.2, 0.25) is 11.9 Å². The van der Waals surface area contributed by atoms with Gasteiger partial charge in [-0.2, -0.15) is 8.42 Å². The smallest absolute Gasteiger partial charge is 0.344 e. The topological polar surface area (TPSA) is 86.7 Å². The number of benzene rings is 2. The molecule has 0 bridgehead atoms. The number of methoxy groups -OCH3 is 1. The van der Waals surface area contributed by atoms with Crippen LogP contribution in [0.2, 0.25) is 5.02 Å². The van der Waals surface area contributed by atoms with E-state index in [1.165, 1.54) is 36.4 Å². The fourth-order valence-electron chi connectivity index (χ4n) is 1.98. The molecule has 0 aliphatic rings. The Bertz CT molecular complexity index is 890. The Morgan fingerprint density at radius 3 is 2.28 bits per heavy atom. The number of hydrogen-bond donors (Lipinski definition) is 0. The lowest BCUT2D eigenvalue weighted by atomic mass is 10.1. The molecule has 1 atom stereocenters. The molecule has 0 aliphatic carbocycles. The highest BCUT2D eigenvalue weighted by molar-refractivity contribution is 7.86. The molecular formula is C17H15ClO6S. The Balaban J connectivity index is 2.36. The highest BCUT2D eigenvalue weighted by atomic mass is 35.5. The summed E-state index contributed by atoms with van der Waals surface area (Å²) in [6, 6.07) is 11.5. The van der Waals surface area contributed by atoms with Crippen molar-refractivity contribution in [3.05, 3.63) is 64.7 Å². The molecule has 0 aliphatic heterocycles. The number of ether oxygens (including phenoxy) is 1. The van der Waals surface area contributed by atoms with E-state index in [0.717, 1.165) is 12.7 Å². The van der Waals surface area contributed by atoms with E-state index in [1.54, 1.807) is 19.1 Å². The van der Waals surface area contributed by atoms with E-state index in [0.29, 0.717) is 0 Å². The van der Waals surface area contributed by atoms with E-state index in [9.17, 15) is 18.0 Å². The summed E-state index contributed by atoms with van der Waals surface area (Å²) in [6.07, 6.45) is -1.96. The van der Waals surface area contributed by atoms with Gasteiger partial charge >= 0.3 is 5.97 Å². The largest absolute Gasteiger partial charge is 0.467 e. The molecule has 0 saturated heterocycles. The number of aryl methyl sites for hydroxylation is 1. The fourth-order valence-corrected chi connectivity index (χ4v) is 3.17. The SMILES string of the molecule is COC(=O)C(OS(=O)(=O)c1ccc(C)cc1)C(=O)c1cccc(Cl)c1. The third-order valence-corrected chi connectivity index (χ3v) is 4.83. The summed E-state index contributed by atoms with van der Waals surface area (Å²) in [4.78, 5) is 24.2. The lowest BCUT2D eigenvalue weighted by Crippen LogP contribution is -2.36. The zero-order valence-corrected chi connectivity index (χ0v) is 15.0. The average molecular weight is 383 g/mol. The van der Waals surface area contributed by atoms with Crippen LogP contribution >= 0.6 is 11.6 Å². The van der Waals surface area contributed by atoms with Gasteiger partial charge < -0.3 is 4.74 Å². The zero-order valence-electron chi connectivity index (χ0n) is 13.4. The van der Waals surface area contributed by atoms with E-state index < -0.39 is 28.0 Å². The molecule has 0 radical (unpaired) electrons. The lowest BCUT2D eigenvalue weighted by Gasteiger charge is -2.15. The third kappa shape index (κ3) is 4.66. The van der Waals surface area contributed by atoms with E-state index in [4.69, 9.17) is 15.8 Å². The molecule has 2 rings (SSSR count). The Hall–Kier alpha value is -2.22. The summed E-state index contributed by atoms with van der Waals surface area (Å²) in [5.74, 6) is -1.99. The van der Waals surface area contributed by atoms with E-state index in [1.807, 2.05) is 0 Å². The molecule has 0 N–H and O–H groups in total. The van der Waals surface area contributed by atoms with Crippen molar-refractivity contribution < 1.29 is 26.9 Å². The van der Waals surface area contributed by atoms with Crippen LogP contribution in [-0.2, 0) is 23.8 Å². The van der Waals surface area contributed by atoms with E-state index in [2.05, 4.69) is 4.74 Å². The minimum Gasteiger partial charge on any atom is -0.467 e. The minimum atomic E-state index is -4.35. The van der Waals surface area contributed by atoms with Crippen molar-refractivity contribution in [2.45, 2.75) is 17.9 Å². The monoisotopic (exact) mass is 382 g/mol. The number of halogens is 1. The molecule has 25 heavy (non-hydrogen) atoms. The molecule has 0 saturated carbocycles. The van der Waals surface area contributed by atoms with Crippen molar-refractivity contribution in [3.8, 4) is 0 Å². The summed E-state index contributed by atoms with van der Waals surface area (Å²) in [6.45, 7) is 1.79. The second-order valence-corrected chi connectivity index (χ2v) is 7.15. The molecule has 132 valence electrons. The van der Waals surface area contributed by atoms with Gasteiger partial charge in [0.1, 0.15) is 0 Å². The summed E-state index contributed by atoms with van der Waals surface area (Å²) in [5.41, 5.74) is 0.875. The van der Waals surface area contributed by atoms with Crippen LogP contribution in [0.25, 0.3) is 0 Å².